The Kier molecular flexibility index (Phi) is 4.83. The Morgan fingerprint density at radius 2 is 2.10 bits per heavy atom. The number of carboxylic acid groups (broad SMARTS) is 1. The molecule has 0 spiro atoms. The summed E-state index contributed by atoms with van der Waals surface area (Å²) < 4.78 is 0. The van der Waals surface area contributed by atoms with Gasteiger partial charge in [0.15, 0.2) is 0 Å². The lowest BCUT2D eigenvalue weighted by atomic mass is 9.74. The highest BCUT2D eigenvalue weighted by molar-refractivity contribution is 6.35. The van der Waals surface area contributed by atoms with E-state index < -0.39 is 5.97 Å². The average Bonchev–Trinajstić information content (AvgIpc) is 2.47. The molecule has 20 heavy (non-hydrogen) atoms. The Bertz CT molecular complexity index is 487. The third-order valence-electron chi connectivity index (χ3n) is 4.00. The van der Waals surface area contributed by atoms with E-state index in [2.05, 4.69) is 10.3 Å². The van der Waals surface area contributed by atoms with E-state index in [0.717, 1.165) is 25.7 Å². The number of aromatic carboxylic acids is 1. The van der Waals surface area contributed by atoms with E-state index in [1.54, 1.807) is 0 Å². The summed E-state index contributed by atoms with van der Waals surface area (Å²) in [7, 11) is 0. The zero-order chi connectivity index (χ0) is 14.6. The molecule has 2 rings (SSSR count). The van der Waals surface area contributed by atoms with Crippen molar-refractivity contribution >= 4 is 23.4 Å². The Morgan fingerprint density at radius 1 is 1.40 bits per heavy atom. The van der Waals surface area contributed by atoms with Crippen molar-refractivity contribution in [3.8, 4) is 0 Å². The quantitative estimate of drug-likeness (QED) is 0.778. The van der Waals surface area contributed by atoms with Crippen LogP contribution in [0, 0.1) is 5.41 Å². The van der Waals surface area contributed by atoms with Crippen LogP contribution in [0.25, 0.3) is 0 Å². The summed E-state index contributed by atoms with van der Waals surface area (Å²) in [5.74, 6) is -0.708. The smallest absolute Gasteiger partial charge is 0.337 e. The number of aliphatic hydroxyl groups excluding tert-OH is 1. The van der Waals surface area contributed by atoms with Gasteiger partial charge in [0.2, 0.25) is 0 Å². The van der Waals surface area contributed by atoms with Gasteiger partial charge in [0.05, 0.1) is 17.2 Å². The molecule has 1 heterocycles. The number of aliphatic hydroxyl groups is 1. The summed E-state index contributed by atoms with van der Waals surface area (Å²) in [6.07, 6.45) is 6.77. The van der Waals surface area contributed by atoms with E-state index in [9.17, 15) is 9.90 Å². The fourth-order valence-electron chi connectivity index (χ4n) is 2.70. The third-order valence-corrected chi connectivity index (χ3v) is 4.38. The number of anilines is 1. The molecule has 0 aromatic carbocycles. The summed E-state index contributed by atoms with van der Waals surface area (Å²) in [5.41, 5.74) is -0.117. The number of rotatable bonds is 5. The summed E-state index contributed by atoms with van der Waals surface area (Å²) in [6.45, 7) is 0.676. The molecule has 0 amide bonds. The monoisotopic (exact) mass is 298 g/mol. The standard InChI is InChI=1S/C14H19ClN2O3/c15-11-10(13(19)20)4-7-16-12(11)17-8-14(9-18)5-2-1-3-6-14/h4,7,18H,1-3,5-6,8-9H2,(H,16,17)(H,19,20). The highest BCUT2D eigenvalue weighted by Crippen LogP contribution is 2.36. The average molecular weight is 299 g/mol. The van der Waals surface area contributed by atoms with Crippen LogP contribution in [-0.2, 0) is 0 Å². The van der Waals surface area contributed by atoms with Gasteiger partial charge >= 0.3 is 5.97 Å². The van der Waals surface area contributed by atoms with Crippen molar-refractivity contribution in [3.63, 3.8) is 0 Å². The van der Waals surface area contributed by atoms with Crippen LogP contribution in [0.4, 0.5) is 5.82 Å². The molecule has 1 saturated carbocycles. The second-order valence-electron chi connectivity index (χ2n) is 5.40. The van der Waals surface area contributed by atoms with E-state index in [1.165, 1.54) is 18.7 Å². The molecule has 1 aliphatic carbocycles. The molecule has 0 unspecified atom stereocenters. The molecule has 1 fully saturated rings. The molecule has 1 aromatic rings. The van der Waals surface area contributed by atoms with Gasteiger partial charge in [0.1, 0.15) is 5.82 Å². The Morgan fingerprint density at radius 3 is 2.70 bits per heavy atom. The normalized spacial score (nSPS) is 17.7. The van der Waals surface area contributed by atoms with Gasteiger partial charge in [-0.3, -0.25) is 0 Å². The summed E-state index contributed by atoms with van der Waals surface area (Å²) >= 11 is 6.04. The molecule has 5 nitrogen and oxygen atoms in total. The first kappa shape index (κ1) is 15.1. The van der Waals surface area contributed by atoms with Crippen LogP contribution in [0.1, 0.15) is 42.5 Å². The molecule has 0 bridgehead atoms. The number of nitrogens with one attached hydrogen (secondary N) is 1. The number of halogens is 1. The van der Waals surface area contributed by atoms with Gasteiger partial charge in [-0.05, 0) is 18.9 Å². The second kappa shape index (κ2) is 6.41. The zero-order valence-electron chi connectivity index (χ0n) is 11.2. The van der Waals surface area contributed by atoms with Gasteiger partial charge in [-0.15, -0.1) is 0 Å². The van der Waals surface area contributed by atoms with Crippen molar-refractivity contribution in [2.75, 3.05) is 18.5 Å². The van der Waals surface area contributed by atoms with E-state index >= 15 is 0 Å². The fraction of sp³-hybridized carbons (Fsp3) is 0.571. The van der Waals surface area contributed by atoms with Crippen LogP contribution >= 0.6 is 11.6 Å². The fourth-order valence-corrected chi connectivity index (χ4v) is 2.96. The summed E-state index contributed by atoms with van der Waals surface area (Å²) in [4.78, 5) is 15.1. The van der Waals surface area contributed by atoms with E-state index in [0.29, 0.717) is 12.4 Å². The second-order valence-corrected chi connectivity index (χ2v) is 5.78. The van der Waals surface area contributed by atoms with Gasteiger partial charge in [-0.25, -0.2) is 9.78 Å². The van der Waals surface area contributed by atoms with Crippen LogP contribution in [0.15, 0.2) is 12.3 Å². The van der Waals surface area contributed by atoms with E-state index in [1.807, 2.05) is 0 Å². The highest BCUT2D eigenvalue weighted by atomic mass is 35.5. The summed E-state index contributed by atoms with van der Waals surface area (Å²) in [5, 5.41) is 21.9. The molecule has 110 valence electrons. The Labute approximate surface area is 123 Å². The maximum Gasteiger partial charge on any atom is 0.337 e. The van der Waals surface area contributed by atoms with Crippen molar-refractivity contribution in [1.29, 1.82) is 0 Å². The van der Waals surface area contributed by atoms with E-state index in [-0.39, 0.29) is 22.6 Å². The number of hydrogen-bond donors (Lipinski definition) is 3. The number of nitrogens with zero attached hydrogens (tertiary/aromatic N) is 1. The molecule has 3 N–H and O–H groups in total. The number of pyridine rings is 1. The lowest BCUT2D eigenvalue weighted by molar-refractivity contribution is 0.0697. The first-order chi connectivity index (χ1) is 9.58. The van der Waals surface area contributed by atoms with Gasteiger partial charge in [0.25, 0.3) is 0 Å². The van der Waals surface area contributed by atoms with Crippen LogP contribution in [-0.4, -0.2) is 34.3 Å². The predicted octanol–water partition coefficient (Wildman–Crippen LogP) is 2.79. The molecule has 6 heteroatoms. The van der Waals surface area contributed by atoms with Crippen LogP contribution in [0.3, 0.4) is 0 Å². The van der Waals surface area contributed by atoms with Crippen molar-refractivity contribution in [1.82, 2.24) is 4.98 Å². The zero-order valence-corrected chi connectivity index (χ0v) is 12.0. The predicted molar refractivity (Wildman–Crippen MR) is 77.3 cm³/mol. The molecule has 0 saturated heterocycles. The molecule has 1 aliphatic rings. The lowest BCUT2D eigenvalue weighted by Gasteiger charge is -2.35. The number of hydrogen-bond acceptors (Lipinski definition) is 4. The van der Waals surface area contributed by atoms with Gasteiger partial charge in [-0.1, -0.05) is 30.9 Å². The van der Waals surface area contributed by atoms with E-state index in [4.69, 9.17) is 16.7 Å². The SMILES string of the molecule is O=C(O)c1ccnc(NCC2(CO)CCCCC2)c1Cl. The van der Waals surface area contributed by atoms with Crippen molar-refractivity contribution in [2.24, 2.45) is 5.41 Å². The molecule has 1 aromatic heterocycles. The van der Waals surface area contributed by atoms with Crippen LogP contribution in [0.5, 0.6) is 0 Å². The molecule has 0 radical (unpaired) electrons. The van der Waals surface area contributed by atoms with Crippen molar-refractivity contribution in [2.45, 2.75) is 32.1 Å². The largest absolute Gasteiger partial charge is 0.478 e. The van der Waals surface area contributed by atoms with Crippen molar-refractivity contribution in [3.05, 3.63) is 22.8 Å². The minimum Gasteiger partial charge on any atom is -0.478 e. The van der Waals surface area contributed by atoms with Crippen LogP contribution < -0.4 is 5.32 Å². The first-order valence-corrected chi connectivity index (χ1v) is 7.18. The lowest BCUT2D eigenvalue weighted by Crippen LogP contribution is -2.35. The third kappa shape index (κ3) is 3.22. The van der Waals surface area contributed by atoms with Gasteiger partial charge in [-0.2, -0.15) is 0 Å². The molecule has 0 aliphatic heterocycles. The van der Waals surface area contributed by atoms with Crippen molar-refractivity contribution < 1.29 is 15.0 Å². The minimum absolute atomic E-state index is 0.0332. The minimum atomic E-state index is -1.07. The Balaban J connectivity index is 2.10. The summed E-state index contributed by atoms with van der Waals surface area (Å²) in [6, 6.07) is 1.37. The first-order valence-electron chi connectivity index (χ1n) is 6.80. The van der Waals surface area contributed by atoms with Crippen LogP contribution in [0.2, 0.25) is 5.02 Å². The number of aromatic nitrogens is 1. The molecular weight excluding hydrogens is 280 g/mol. The van der Waals surface area contributed by atoms with Gasteiger partial charge in [0, 0.05) is 18.2 Å². The maximum absolute atomic E-state index is 11.0. The number of carboxylic acids is 1. The Hall–Kier alpha value is -1.33. The van der Waals surface area contributed by atoms with Gasteiger partial charge < -0.3 is 15.5 Å². The highest BCUT2D eigenvalue weighted by Gasteiger charge is 2.31. The molecular formula is C14H19ClN2O3. The topological polar surface area (TPSA) is 82.5 Å². The maximum atomic E-state index is 11.0. The molecule has 0 atom stereocenters. The number of carbonyl (C=O) groups is 1.